The summed E-state index contributed by atoms with van der Waals surface area (Å²) in [6.07, 6.45) is 0. The molecule has 2 heterocycles. The Bertz CT molecular complexity index is 212. The second kappa shape index (κ2) is 1.78. The van der Waals surface area contributed by atoms with Crippen molar-refractivity contribution >= 4 is 0 Å². The molecule has 7 heteroatoms. The third kappa shape index (κ3) is 0.801. The molecule has 0 radical (unpaired) electrons. The molecule has 58 valence electrons. The minimum absolute atomic E-state index is 0.532. The van der Waals surface area contributed by atoms with Crippen LogP contribution in [0.15, 0.2) is 4.63 Å². The van der Waals surface area contributed by atoms with Crippen molar-refractivity contribution < 1.29 is 9.47 Å². The molecule has 0 saturated carbocycles. The standard InChI is InChI=1S/C3H9N5O2/c1-5-7(3-9-5)4-8-6(2)10-8/h4H,3H2,1-2H3. The van der Waals surface area contributed by atoms with E-state index in [0.717, 1.165) is 0 Å². The van der Waals surface area contributed by atoms with Crippen molar-refractivity contribution in [2.24, 2.45) is 7.05 Å². The first-order chi connectivity index (χ1) is 4.77. The van der Waals surface area contributed by atoms with Gasteiger partial charge in [0.1, 0.15) is 0 Å². The van der Waals surface area contributed by atoms with Gasteiger partial charge in [0.05, 0.1) is 7.05 Å². The minimum Gasteiger partial charge on any atom is -0.263 e. The molecule has 0 unspecified atom stereocenters. The molecule has 1 aromatic rings. The van der Waals surface area contributed by atoms with Gasteiger partial charge in [-0.15, -0.1) is 5.17 Å². The SMILES string of the molecule is CN1OCN1Nn1on1C. The average Bonchev–Trinajstić information content (AvgIpc) is 2.58. The van der Waals surface area contributed by atoms with Gasteiger partial charge in [0.25, 0.3) is 0 Å². The van der Waals surface area contributed by atoms with Crippen LogP contribution in [0.4, 0.5) is 0 Å². The number of hydroxylamine groups is 1. The highest BCUT2D eigenvalue weighted by molar-refractivity contribution is 4.52. The molecule has 1 aliphatic rings. The highest BCUT2D eigenvalue weighted by Gasteiger charge is 2.24. The molecule has 7 nitrogen and oxygen atoms in total. The molecule has 1 fully saturated rings. The largest absolute Gasteiger partial charge is 0.263 e. The normalized spacial score (nSPS) is 21.4. The Morgan fingerprint density at radius 2 is 2.10 bits per heavy atom. The fraction of sp³-hybridized carbons (Fsp3) is 1.00. The first-order valence-electron chi connectivity index (χ1n) is 2.89. The van der Waals surface area contributed by atoms with Crippen LogP contribution >= 0.6 is 0 Å². The van der Waals surface area contributed by atoms with Gasteiger partial charge in [0, 0.05) is 12.0 Å². The van der Waals surface area contributed by atoms with Gasteiger partial charge in [0.15, 0.2) is 6.73 Å². The van der Waals surface area contributed by atoms with E-state index >= 15 is 0 Å². The van der Waals surface area contributed by atoms with Crippen LogP contribution in [0, 0.1) is 0 Å². The smallest absolute Gasteiger partial charge is 0.159 e. The number of hydrazine groups is 2. The molecule has 0 aliphatic carbocycles. The molecule has 0 aromatic carbocycles. The Morgan fingerprint density at radius 1 is 1.40 bits per heavy atom. The van der Waals surface area contributed by atoms with Crippen molar-refractivity contribution in [1.29, 1.82) is 0 Å². The number of hydrogen-bond acceptors (Lipinski definition) is 5. The average molecular weight is 147 g/mol. The van der Waals surface area contributed by atoms with Crippen LogP contribution in [-0.4, -0.2) is 33.9 Å². The van der Waals surface area contributed by atoms with Gasteiger partial charge >= 0.3 is 0 Å². The first kappa shape index (κ1) is 5.83. The lowest BCUT2D eigenvalue weighted by Gasteiger charge is -2.37. The van der Waals surface area contributed by atoms with E-state index in [4.69, 9.17) is 9.47 Å². The molecule has 2 rings (SSSR count). The molecule has 0 bridgehead atoms. The van der Waals surface area contributed by atoms with Gasteiger partial charge in [0.2, 0.25) is 0 Å². The van der Waals surface area contributed by atoms with E-state index < -0.39 is 0 Å². The van der Waals surface area contributed by atoms with E-state index in [2.05, 4.69) is 5.53 Å². The van der Waals surface area contributed by atoms with Crippen LogP contribution in [0.1, 0.15) is 0 Å². The summed E-state index contributed by atoms with van der Waals surface area (Å²) in [5.74, 6) is 0. The van der Waals surface area contributed by atoms with Gasteiger partial charge < -0.3 is 0 Å². The summed E-state index contributed by atoms with van der Waals surface area (Å²) < 4.78 is 4.80. The summed E-state index contributed by atoms with van der Waals surface area (Å²) in [7, 11) is 3.58. The molecule has 1 aliphatic heterocycles. The zero-order valence-corrected chi connectivity index (χ0v) is 5.81. The summed E-state index contributed by atoms with van der Waals surface area (Å²) in [5, 5.41) is 3.30. The topological polar surface area (TPSA) is 50.7 Å². The quantitative estimate of drug-likeness (QED) is 0.577. The van der Waals surface area contributed by atoms with Crippen LogP contribution in [-0.2, 0) is 11.9 Å². The van der Waals surface area contributed by atoms with Gasteiger partial charge in [-0.1, -0.05) is 9.97 Å². The molecule has 10 heavy (non-hydrogen) atoms. The van der Waals surface area contributed by atoms with E-state index in [9.17, 15) is 0 Å². The fourth-order valence-corrected chi connectivity index (χ4v) is 0.598. The predicted octanol–water partition coefficient (Wildman–Crippen LogP) is -1.07. The number of aromatic nitrogens is 2. The van der Waals surface area contributed by atoms with Gasteiger partial charge in [-0.05, 0) is 0 Å². The van der Waals surface area contributed by atoms with Crippen molar-refractivity contribution in [2.45, 2.75) is 0 Å². The highest BCUT2D eigenvalue weighted by atomic mass is 16.8. The molecule has 0 atom stereocenters. The van der Waals surface area contributed by atoms with Crippen LogP contribution in [0.3, 0.4) is 0 Å². The molecule has 0 amide bonds. The van der Waals surface area contributed by atoms with Crippen molar-refractivity contribution in [3.8, 4) is 0 Å². The summed E-state index contributed by atoms with van der Waals surface area (Å²) >= 11 is 0. The lowest BCUT2D eigenvalue weighted by atomic mass is 11.1. The lowest BCUT2D eigenvalue weighted by molar-refractivity contribution is -0.404. The van der Waals surface area contributed by atoms with Gasteiger partial charge in [-0.2, -0.15) is 5.53 Å². The molecular formula is C3H9N5O2. The van der Waals surface area contributed by atoms with Crippen LogP contribution < -0.4 is 5.53 Å². The summed E-state index contributed by atoms with van der Waals surface area (Å²) in [4.78, 5) is 7.92. The minimum atomic E-state index is 0.532. The van der Waals surface area contributed by atoms with Crippen molar-refractivity contribution in [2.75, 3.05) is 19.3 Å². The van der Waals surface area contributed by atoms with Crippen LogP contribution in [0.5, 0.6) is 0 Å². The molecular weight excluding hydrogens is 138 g/mol. The maximum Gasteiger partial charge on any atom is 0.159 e. The third-order valence-corrected chi connectivity index (χ3v) is 1.33. The first-order valence-corrected chi connectivity index (χ1v) is 2.89. The summed E-state index contributed by atoms with van der Waals surface area (Å²) in [5.41, 5.74) is 2.86. The zero-order valence-electron chi connectivity index (χ0n) is 5.81. The lowest BCUT2D eigenvalue weighted by Crippen LogP contribution is -2.57. The number of nitrogens with one attached hydrogen (secondary N) is 1. The van der Waals surface area contributed by atoms with E-state index in [1.54, 1.807) is 29.2 Å². The second-order valence-corrected chi connectivity index (χ2v) is 2.04. The Morgan fingerprint density at radius 3 is 2.40 bits per heavy atom. The summed E-state index contributed by atoms with van der Waals surface area (Å²) in [6, 6.07) is 0. The molecule has 1 N–H and O–H groups in total. The van der Waals surface area contributed by atoms with Crippen molar-refractivity contribution in [3.05, 3.63) is 0 Å². The Balaban J connectivity index is 1.82. The van der Waals surface area contributed by atoms with Crippen LogP contribution in [0.25, 0.3) is 0 Å². The summed E-state index contributed by atoms with van der Waals surface area (Å²) in [6.45, 7) is 0.532. The molecule has 1 saturated heterocycles. The number of aryl methyl sites for hydroxylation is 1. The van der Waals surface area contributed by atoms with Crippen molar-refractivity contribution in [3.63, 3.8) is 0 Å². The van der Waals surface area contributed by atoms with E-state index in [1.807, 2.05) is 0 Å². The Hall–Kier alpha value is -0.920. The molecule has 0 spiro atoms. The number of hydrogen-bond donors (Lipinski definition) is 1. The zero-order chi connectivity index (χ0) is 7.14. The molecule has 1 aromatic heterocycles. The van der Waals surface area contributed by atoms with E-state index in [0.29, 0.717) is 6.73 Å². The van der Waals surface area contributed by atoms with E-state index in [1.165, 1.54) is 4.96 Å². The van der Waals surface area contributed by atoms with Gasteiger partial charge in [-0.25, -0.2) is 4.63 Å². The van der Waals surface area contributed by atoms with E-state index in [-0.39, 0.29) is 0 Å². The number of rotatable bonds is 2. The third-order valence-electron chi connectivity index (χ3n) is 1.33. The fourth-order valence-electron chi connectivity index (χ4n) is 0.598. The number of nitrogens with zero attached hydrogens (tertiary/aromatic N) is 4. The maximum absolute atomic E-state index is 4.90. The van der Waals surface area contributed by atoms with Crippen LogP contribution in [0.2, 0.25) is 0 Å². The maximum atomic E-state index is 4.90. The van der Waals surface area contributed by atoms with Crippen molar-refractivity contribution in [1.82, 2.24) is 20.1 Å². The Labute approximate surface area is 57.1 Å². The predicted molar refractivity (Wildman–Crippen MR) is 30.6 cm³/mol. The monoisotopic (exact) mass is 147 g/mol. The van der Waals surface area contributed by atoms with Gasteiger partial charge in [-0.3, -0.25) is 4.84 Å². The second-order valence-electron chi connectivity index (χ2n) is 2.04. The Kier molecular flexibility index (Phi) is 1.04. The highest BCUT2D eigenvalue weighted by Crippen LogP contribution is 2.05.